The Hall–Kier alpha value is -2.76. The van der Waals surface area contributed by atoms with Crippen LogP contribution in [0.1, 0.15) is 75.7 Å². The maximum Gasteiger partial charge on any atom is 0.201 e. The average molecular weight is 515 g/mol. The third-order valence-electron chi connectivity index (χ3n) is 8.57. The molecule has 2 aromatic carbocycles. The molecule has 0 saturated heterocycles. The van der Waals surface area contributed by atoms with Gasteiger partial charge in [-0.1, -0.05) is 25.0 Å². The Morgan fingerprint density at radius 3 is 2.05 bits per heavy atom. The van der Waals surface area contributed by atoms with E-state index < -0.39 is 23.3 Å². The van der Waals surface area contributed by atoms with Crippen LogP contribution < -0.4 is 4.74 Å². The lowest BCUT2D eigenvalue weighted by Gasteiger charge is -2.28. The third-order valence-corrected chi connectivity index (χ3v) is 8.57. The summed E-state index contributed by atoms with van der Waals surface area (Å²) in [5.41, 5.74) is 0.193. The molecule has 0 radical (unpaired) electrons. The molecule has 2 saturated carbocycles. The summed E-state index contributed by atoms with van der Waals surface area (Å²) in [7, 11) is 0. The zero-order valence-corrected chi connectivity index (χ0v) is 21.1. The fraction of sp³-hybridized carbons (Fsp3) is 0.484. The number of rotatable bonds is 8. The summed E-state index contributed by atoms with van der Waals surface area (Å²) in [5, 5.41) is -0.752. The number of hydrogen-bond donors (Lipinski definition) is 0. The van der Waals surface area contributed by atoms with Gasteiger partial charge in [-0.2, -0.15) is 4.39 Å². The summed E-state index contributed by atoms with van der Waals surface area (Å²) in [6, 6.07) is 2.71. The number of furan rings is 1. The number of ether oxygens (including phenoxy) is 1. The van der Waals surface area contributed by atoms with Gasteiger partial charge >= 0.3 is 0 Å². The number of hydrogen-bond acceptors (Lipinski definition) is 2. The van der Waals surface area contributed by atoms with Crippen LogP contribution in [0.2, 0.25) is 0 Å². The van der Waals surface area contributed by atoms with Gasteiger partial charge in [-0.3, -0.25) is 0 Å². The van der Waals surface area contributed by atoms with Crippen LogP contribution in [-0.2, 0) is 0 Å². The van der Waals surface area contributed by atoms with E-state index in [0.29, 0.717) is 24.7 Å². The minimum absolute atomic E-state index is 0.0167. The van der Waals surface area contributed by atoms with Crippen molar-refractivity contribution in [3.05, 3.63) is 66.3 Å². The van der Waals surface area contributed by atoms with Crippen LogP contribution in [0.3, 0.4) is 0 Å². The Labute approximate surface area is 215 Å². The first-order valence-corrected chi connectivity index (χ1v) is 13.5. The van der Waals surface area contributed by atoms with E-state index >= 15 is 13.2 Å². The van der Waals surface area contributed by atoms with E-state index in [-0.39, 0.29) is 51.7 Å². The van der Waals surface area contributed by atoms with Crippen LogP contribution in [-0.4, -0.2) is 6.61 Å². The van der Waals surface area contributed by atoms with Crippen molar-refractivity contribution in [2.24, 2.45) is 17.8 Å². The van der Waals surface area contributed by atoms with Gasteiger partial charge in [0.05, 0.1) is 17.4 Å². The van der Waals surface area contributed by atoms with Crippen molar-refractivity contribution in [1.82, 2.24) is 0 Å². The third kappa shape index (κ3) is 5.04. The molecule has 2 fully saturated rings. The Bertz CT molecular complexity index is 1290. The highest BCUT2D eigenvalue weighted by Crippen LogP contribution is 2.43. The van der Waals surface area contributed by atoms with E-state index in [1.54, 1.807) is 0 Å². The second-order valence-corrected chi connectivity index (χ2v) is 10.9. The van der Waals surface area contributed by atoms with Crippen LogP contribution in [0, 0.1) is 41.0 Å². The van der Waals surface area contributed by atoms with Gasteiger partial charge < -0.3 is 9.15 Å². The number of halogens is 4. The zero-order valence-electron chi connectivity index (χ0n) is 21.1. The molecule has 198 valence electrons. The summed E-state index contributed by atoms with van der Waals surface area (Å²) < 4.78 is 72.1. The van der Waals surface area contributed by atoms with E-state index in [4.69, 9.17) is 9.15 Å². The highest BCUT2D eigenvalue weighted by molar-refractivity contribution is 6.06. The SMILES string of the molecule is C=CCCC1CCC(COc2cc3oc4cc(C5CCC(C=C)CC5)c(F)c(F)c4c3c(F)c2F)CC1. The minimum atomic E-state index is -1.28. The quantitative estimate of drug-likeness (QED) is 0.220. The largest absolute Gasteiger partial charge is 0.490 e. The molecule has 37 heavy (non-hydrogen) atoms. The van der Waals surface area contributed by atoms with Crippen molar-refractivity contribution >= 4 is 21.9 Å². The molecule has 5 rings (SSSR count). The Balaban J connectivity index is 1.39. The van der Waals surface area contributed by atoms with Crippen LogP contribution in [0.5, 0.6) is 5.75 Å². The number of fused-ring (bicyclic) bond motifs is 3. The molecule has 2 aliphatic rings. The van der Waals surface area contributed by atoms with E-state index in [1.165, 1.54) is 12.1 Å². The van der Waals surface area contributed by atoms with E-state index in [0.717, 1.165) is 51.4 Å². The van der Waals surface area contributed by atoms with Crippen LogP contribution in [0.4, 0.5) is 17.6 Å². The zero-order chi connectivity index (χ0) is 26.1. The van der Waals surface area contributed by atoms with Gasteiger partial charge in [0.15, 0.2) is 23.2 Å². The van der Waals surface area contributed by atoms with Crippen LogP contribution >= 0.6 is 0 Å². The van der Waals surface area contributed by atoms with Gasteiger partial charge in [-0.25, -0.2) is 13.2 Å². The van der Waals surface area contributed by atoms with E-state index in [2.05, 4.69) is 13.2 Å². The summed E-state index contributed by atoms with van der Waals surface area (Å²) in [5.74, 6) is -3.80. The Kier molecular flexibility index (Phi) is 7.64. The summed E-state index contributed by atoms with van der Waals surface area (Å²) in [6.45, 7) is 7.88. The molecule has 0 bridgehead atoms. The fourth-order valence-corrected chi connectivity index (χ4v) is 6.26. The highest BCUT2D eigenvalue weighted by atomic mass is 19.2. The monoisotopic (exact) mass is 514 g/mol. The van der Waals surface area contributed by atoms with E-state index in [1.807, 2.05) is 12.2 Å². The second kappa shape index (κ2) is 10.9. The topological polar surface area (TPSA) is 22.4 Å². The second-order valence-electron chi connectivity index (χ2n) is 10.9. The summed E-state index contributed by atoms with van der Waals surface area (Å²) in [6.07, 6.45) is 13.2. The Morgan fingerprint density at radius 1 is 0.784 bits per heavy atom. The van der Waals surface area contributed by atoms with Crippen molar-refractivity contribution in [3.8, 4) is 5.75 Å². The molecular weight excluding hydrogens is 480 g/mol. The van der Waals surface area contributed by atoms with E-state index in [9.17, 15) is 4.39 Å². The lowest BCUT2D eigenvalue weighted by Crippen LogP contribution is -2.20. The predicted molar refractivity (Wildman–Crippen MR) is 139 cm³/mol. The molecule has 0 aliphatic heterocycles. The fourth-order valence-electron chi connectivity index (χ4n) is 6.26. The Morgan fingerprint density at radius 2 is 1.41 bits per heavy atom. The lowest BCUT2D eigenvalue weighted by molar-refractivity contribution is 0.174. The van der Waals surface area contributed by atoms with Crippen molar-refractivity contribution in [2.75, 3.05) is 6.61 Å². The van der Waals surface area contributed by atoms with Gasteiger partial charge in [0.25, 0.3) is 0 Å². The predicted octanol–water partition coefficient (Wildman–Crippen LogP) is 9.75. The van der Waals surface area contributed by atoms with Crippen LogP contribution in [0.25, 0.3) is 21.9 Å². The number of allylic oxidation sites excluding steroid dienone is 2. The first kappa shape index (κ1) is 25.9. The normalized spacial score (nSPS) is 24.4. The van der Waals surface area contributed by atoms with Crippen molar-refractivity contribution < 1.29 is 26.7 Å². The van der Waals surface area contributed by atoms with Crippen LogP contribution in [0.15, 0.2) is 41.9 Å². The highest BCUT2D eigenvalue weighted by Gasteiger charge is 2.30. The minimum Gasteiger partial charge on any atom is -0.490 e. The molecule has 1 heterocycles. The molecule has 2 aliphatic carbocycles. The van der Waals surface area contributed by atoms with Crippen molar-refractivity contribution in [3.63, 3.8) is 0 Å². The molecule has 0 atom stereocenters. The van der Waals surface area contributed by atoms with Crippen molar-refractivity contribution in [2.45, 2.75) is 70.1 Å². The standard InChI is InChI=1S/C31H34F4O2/c1-3-5-6-19-7-9-20(10-8-19)17-36-25-16-24-27(31(35)29(25)33)26-23(37-24)15-22(28(32)30(26)34)21-13-11-18(4-2)12-14-21/h3-4,15-16,18-21H,1-2,5-14,17H2. The first-order chi connectivity index (χ1) is 17.9. The molecule has 6 heteroatoms. The van der Waals surface area contributed by atoms with Gasteiger partial charge in [-0.15, -0.1) is 13.2 Å². The molecule has 0 spiro atoms. The van der Waals surface area contributed by atoms with Gasteiger partial charge in [0.1, 0.15) is 11.2 Å². The molecule has 3 aromatic rings. The molecule has 0 amide bonds. The molecular formula is C31H34F4O2. The maximum atomic E-state index is 15.3. The first-order valence-electron chi connectivity index (χ1n) is 13.5. The maximum absolute atomic E-state index is 15.3. The summed E-state index contributed by atoms with van der Waals surface area (Å²) in [4.78, 5) is 0. The average Bonchev–Trinajstić information content (AvgIpc) is 3.30. The van der Waals surface area contributed by atoms with Crippen molar-refractivity contribution in [1.29, 1.82) is 0 Å². The lowest BCUT2D eigenvalue weighted by atomic mass is 9.78. The summed E-state index contributed by atoms with van der Waals surface area (Å²) >= 11 is 0. The van der Waals surface area contributed by atoms with Gasteiger partial charge in [0, 0.05) is 6.07 Å². The van der Waals surface area contributed by atoms with Gasteiger partial charge in [0.2, 0.25) is 5.82 Å². The molecule has 2 nitrogen and oxygen atoms in total. The molecule has 1 aromatic heterocycles. The smallest absolute Gasteiger partial charge is 0.201 e. The number of benzene rings is 2. The molecule has 0 unspecified atom stereocenters. The molecule has 0 N–H and O–H groups in total. The van der Waals surface area contributed by atoms with Gasteiger partial charge in [-0.05, 0) is 86.7 Å².